The fourth-order valence-corrected chi connectivity index (χ4v) is 5.22. The number of piperidine rings is 1. The quantitative estimate of drug-likeness (QED) is 0.424. The molecule has 36 heavy (non-hydrogen) atoms. The molecule has 1 aliphatic heterocycles. The zero-order valence-electron chi connectivity index (χ0n) is 22.3. The van der Waals surface area contributed by atoms with Gasteiger partial charge in [0.1, 0.15) is 27.8 Å². The zero-order chi connectivity index (χ0) is 26.7. The van der Waals surface area contributed by atoms with Gasteiger partial charge in [-0.1, -0.05) is 34.7 Å². The maximum Gasteiger partial charge on any atom is 0.410 e. The summed E-state index contributed by atoms with van der Waals surface area (Å²) in [5, 5.41) is 0. The minimum absolute atomic E-state index is 0.102. The number of amides is 1. The number of halogens is 2. The van der Waals surface area contributed by atoms with Crippen LogP contribution in [0.4, 0.5) is 13.6 Å². The van der Waals surface area contributed by atoms with Gasteiger partial charge in [-0.25, -0.2) is 4.79 Å². The first-order chi connectivity index (χ1) is 16.7. The van der Waals surface area contributed by atoms with Crippen LogP contribution in [0.5, 0.6) is 0 Å². The van der Waals surface area contributed by atoms with Gasteiger partial charge in [0, 0.05) is 13.0 Å². The molecular formula is C27H40F2N2O4S. The number of likely N-dealkylation sites (tertiary alicyclic amines) is 1. The van der Waals surface area contributed by atoms with Crippen molar-refractivity contribution in [3.8, 4) is 0 Å². The maximum atomic E-state index is 15.1. The van der Waals surface area contributed by atoms with E-state index in [9.17, 15) is 9.35 Å². The third-order valence-electron chi connectivity index (χ3n) is 6.50. The molecule has 2 atom stereocenters. The molecule has 1 unspecified atom stereocenters. The number of alkyl halides is 2. The number of carbonyl (C=O) groups is 1. The molecule has 202 valence electrons. The van der Waals surface area contributed by atoms with Crippen molar-refractivity contribution in [3.05, 3.63) is 35.9 Å². The number of ether oxygens (including phenoxy) is 2. The summed E-state index contributed by atoms with van der Waals surface area (Å²) in [5.41, 5.74) is -0.0482. The molecule has 1 saturated carbocycles. The van der Waals surface area contributed by atoms with E-state index < -0.39 is 51.9 Å². The molecule has 2 fully saturated rings. The van der Waals surface area contributed by atoms with Crippen molar-refractivity contribution in [1.82, 2.24) is 4.90 Å². The second-order valence-corrected chi connectivity index (χ2v) is 13.6. The van der Waals surface area contributed by atoms with E-state index in [2.05, 4.69) is 16.5 Å². The molecule has 0 bridgehead atoms. The second-order valence-electron chi connectivity index (χ2n) is 11.7. The average molecular weight is 527 g/mol. The third-order valence-corrected chi connectivity index (χ3v) is 7.91. The molecule has 0 spiro atoms. The van der Waals surface area contributed by atoms with Gasteiger partial charge in [0.15, 0.2) is 5.71 Å². The van der Waals surface area contributed by atoms with E-state index in [0.29, 0.717) is 5.92 Å². The summed E-state index contributed by atoms with van der Waals surface area (Å²) in [4.78, 5) is 14.2. The molecule has 1 aliphatic carbocycles. The van der Waals surface area contributed by atoms with Crippen molar-refractivity contribution in [2.75, 3.05) is 13.2 Å². The highest BCUT2D eigenvalue weighted by atomic mass is 32.2. The Hall–Kier alpha value is -1.71. The molecule has 1 aromatic rings. The van der Waals surface area contributed by atoms with Crippen molar-refractivity contribution >= 4 is 23.2 Å². The standard InChI is InChI=1S/C27H40F2N2O4S/c1-25(2,3)35-24(32)31-17-16-27(28,29)23(30-36(33)26(4,5)6)22(31)18-34-21-14-12-20(13-15-21)19-10-8-7-9-11-19/h7-11,20-22H,12-18H2,1-6H3/t20-,21+,22?,36-/m1/s1. The van der Waals surface area contributed by atoms with Gasteiger partial charge in [-0.3, -0.25) is 4.90 Å². The summed E-state index contributed by atoms with van der Waals surface area (Å²) in [6.45, 7) is 9.87. The van der Waals surface area contributed by atoms with Crippen LogP contribution in [-0.2, 0) is 20.8 Å². The normalized spacial score (nSPS) is 27.1. The van der Waals surface area contributed by atoms with Crippen molar-refractivity contribution < 1.29 is 27.6 Å². The third kappa shape index (κ3) is 7.65. The van der Waals surface area contributed by atoms with Gasteiger partial charge in [0.25, 0.3) is 5.92 Å². The lowest BCUT2D eigenvalue weighted by molar-refractivity contribution is -0.0373. The molecule has 9 heteroatoms. The molecule has 0 radical (unpaired) electrons. The lowest BCUT2D eigenvalue weighted by Gasteiger charge is -2.41. The predicted molar refractivity (Wildman–Crippen MR) is 139 cm³/mol. The van der Waals surface area contributed by atoms with Crippen LogP contribution in [0.15, 0.2) is 34.7 Å². The summed E-state index contributed by atoms with van der Waals surface area (Å²) in [7, 11) is 0. The Kier molecular flexibility index (Phi) is 9.10. The molecule has 1 saturated heterocycles. The van der Waals surface area contributed by atoms with Gasteiger partial charge in [-0.2, -0.15) is 8.78 Å². The highest BCUT2D eigenvalue weighted by Crippen LogP contribution is 2.36. The zero-order valence-corrected chi connectivity index (χ0v) is 23.1. The van der Waals surface area contributed by atoms with Crippen LogP contribution >= 0.6 is 0 Å². The van der Waals surface area contributed by atoms with Crippen molar-refractivity contribution in [3.63, 3.8) is 0 Å². The Morgan fingerprint density at radius 3 is 2.28 bits per heavy atom. The van der Waals surface area contributed by atoms with Gasteiger partial charge in [-0.05, 0) is 78.7 Å². The van der Waals surface area contributed by atoms with E-state index in [1.54, 1.807) is 41.5 Å². The number of nitrogens with zero attached hydrogens (tertiary/aromatic N) is 2. The minimum Gasteiger partial charge on any atom is -0.591 e. The van der Waals surface area contributed by atoms with Crippen molar-refractivity contribution in [2.24, 2.45) is 4.40 Å². The number of benzene rings is 1. The molecule has 0 aromatic heterocycles. The van der Waals surface area contributed by atoms with Gasteiger partial charge in [-0.15, -0.1) is 0 Å². The molecule has 1 aromatic carbocycles. The smallest absolute Gasteiger partial charge is 0.410 e. The summed E-state index contributed by atoms with van der Waals surface area (Å²) in [6.07, 6.45) is 2.08. The first-order valence-electron chi connectivity index (χ1n) is 12.7. The lowest BCUT2D eigenvalue weighted by Crippen LogP contribution is -2.60. The number of carbonyl (C=O) groups excluding carboxylic acids is 1. The molecular weight excluding hydrogens is 486 g/mol. The van der Waals surface area contributed by atoms with E-state index in [1.807, 2.05) is 18.2 Å². The summed E-state index contributed by atoms with van der Waals surface area (Å²) in [6, 6.07) is 9.19. The minimum atomic E-state index is -3.29. The topological polar surface area (TPSA) is 74.2 Å². The molecule has 1 amide bonds. The first kappa shape index (κ1) is 28.9. The highest BCUT2D eigenvalue weighted by Gasteiger charge is 2.52. The average Bonchev–Trinajstić information content (AvgIpc) is 2.78. The molecule has 3 rings (SSSR count). The van der Waals surface area contributed by atoms with Gasteiger partial charge in [0.2, 0.25) is 0 Å². The number of hydrogen-bond acceptors (Lipinski definition) is 5. The van der Waals surface area contributed by atoms with Crippen LogP contribution in [-0.4, -0.2) is 62.8 Å². The van der Waals surface area contributed by atoms with Crippen LogP contribution in [0.2, 0.25) is 0 Å². The second kappa shape index (κ2) is 11.4. The number of hydrogen-bond donors (Lipinski definition) is 0. The summed E-state index contributed by atoms with van der Waals surface area (Å²) in [5.74, 6) is -2.84. The maximum absolute atomic E-state index is 15.1. The van der Waals surface area contributed by atoms with Crippen LogP contribution in [0, 0.1) is 0 Å². The Labute approximate surface area is 217 Å². The highest BCUT2D eigenvalue weighted by molar-refractivity contribution is 7.91. The number of rotatable bonds is 5. The Morgan fingerprint density at radius 1 is 1.11 bits per heavy atom. The van der Waals surface area contributed by atoms with E-state index in [0.717, 1.165) is 25.7 Å². The lowest BCUT2D eigenvalue weighted by atomic mass is 9.83. The van der Waals surface area contributed by atoms with Crippen molar-refractivity contribution in [1.29, 1.82) is 0 Å². The molecule has 1 heterocycles. The first-order valence-corrected chi connectivity index (χ1v) is 13.8. The Bertz CT molecular complexity index is 907. The van der Waals surface area contributed by atoms with E-state index >= 15 is 8.78 Å². The van der Waals surface area contributed by atoms with E-state index in [-0.39, 0.29) is 19.3 Å². The van der Waals surface area contributed by atoms with E-state index in [4.69, 9.17) is 9.47 Å². The van der Waals surface area contributed by atoms with Crippen molar-refractivity contribution in [2.45, 2.75) is 108 Å². The Balaban J connectivity index is 1.78. The van der Waals surface area contributed by atoms with Gasteiger partial charge >= 0.3 is 6.09 Å². The largest absolute Gasteiger partial charge is 0.591 e. The monoisotopic (exact) mass is 526 g/mol. The van der Waals surface area contributed by atoms with Crippen LogP contribution in [0.3, 0.4) is 0 Å². The molecule has 2 aliphatic rings. The fraction of sp³-hybridized carbons (Fsp3) is 0.704. The summed E-state index contributed by atoms with van der Waals surface area (Å²) >= 11 is -1.91. The predicted octanol–water partition coefficient (Wildman–Crippen LogP) is 6.28. The SMILES string of the molecule is CC(C)(C)OC(=O)N1CCC(F)(F)C(=N[S@+]([O-])C(C)(C)C)C1CO[C@H]1CC[C@@H](c2ccccc2)CC1. The van der Waals surface area contributed by atoms with Gasteiger partial charge in [0.05, 0.1) is 12.7 Å². The van der Waals surface area contributed by atoms with Crippen LogP contribution in [0.25, 0.3) is 0 Å². The van der Waals surface area contributed by atoms with E-state index in [1.165, 1.54) is 10.5 Å². The van der Waals surface area contributed by atoms with Gasteiger partial charge < -0.3 is 14.0 Å². The van der Waals surface area contributed by atoms with Crippen LogP contribution < -0.4 is 0 Å². The summed E-state index contributed by atoms with van der Waals surface area (Å²) < 4.78 is 57.9. The Morgan fingerprint density at radius 2 is 1.72 bits per heavy atom. The van der Waals surface area contributed by atoms with Crippen LogP contribution in [0.1, 0.15) is 85.1 Å². The molecule has 0 N–H and O–H groups in total. The fourth-order valence-electron chi connectivity index (χ4n) is 4.51. The molecule has 6 nitrogen and oxygen atoms in total.